The molecule has 464 valence electrons. The van der Waals surface area contributed by atoms with E-state index in [1.807, 2.05) is 6.08 Å². The van der Waals surface area contributed by atoms with Crippen LogP contribution in [-0.2, 0) is 42.9 Å². The van der Waals surface area contributed by atoms with E-state index < -0.39 is 67.3 Å². The molecule has 0 aromatic heterocycles. The quantitative estimate of drug-likeness (QED) is 0.0228. The zero-order chi connectivity index (χ0) is 58.9. The number of carbonyl (C=O) groups excluding carboxylic acids is 3. The lowest BCUT2D eigenvalue weighted by atomic mass is 9.98. The van der Waals surface area contributed by atoms with E-state index in [1.54, 1.807) is 0 Å². The third-order valence-corrected chi connectivity index (χ3v) is 14.4. The largest absolute Gasteiger partial charge is 0.479 e. The summed E-state index contributed by atoms with van der Waals surface area (Å²) in [7, 11) is 0. The highest BCUT2D eigenvalue weighted by Gasteiger charge is 2.50. The van der Waals surface area contributed by atoms with Crippen LogP contribution in [0, 0.1) is 0 Å². The van der Waals surface area contributed by atoms with Gasteiger partial charge in [-0.05, 0) is 109 Å². The summed E-state index contributed by atoms with van der Waals surface area (Å²) >= 11 is 0. The number of unbranched alkanes of at least 4 members (excludes halogenated alkanes) is 27. The van der Waals surface area contributed by atoms with E-state index in [9.17, 15) is 34.5 Å². The van der Waals surface area contributed by atoms with Crippen LogP contribution in [0.2, 0.25) is 0 Å². The molecule has 0 bridgehead atoms. The van der Waals surface area contributed by atoms with Gasteiger partial charge >= 0.3 is 23.9 Å². The van der Waals surface area contributed by atoms with Crippen LogP contribution in [0.1, 0.15) is 278 Å². The normalized spacial score (nSPS) is 18.3. The summed E-state index contributed by atoms with van der Waals surface area (Å²) in [6.45, 7) is 5.84. The van der Waals surface area contributed by atoms with Crippen molar-refractivity contribution in [2.45, 2.75) is 314 Å². The van der Waals surface area contributed by atoms with Gasteiger partial charge in [0, 0.05) is 19.3 Å². The Morgan fingerprint density at radius 1 is 0.420 bits per heavy atom. The topological polar surface area (TPSA) is 175 Å². The number of ether oxygens (including phenoxy) is 5. The number of carboxylic acids is 1. The van der Waals surface area contributed by atoms with Gasteiger partial charge in [-0.1, -0.05) is 234 Å². The van der Waals surface area contributed by atoms with Crippen molar-refractivity contribution in [3.8, 4) is 0 Å². The van der Waals surface area contributed by atoms with Crippen molar-refractivity contribution < 1.29 is 58.2 Å². The van der Waals surface area contributed by atoms with E-state index in [-0.39, 0.29) is 25.9 Å². The number of hydrogen-bond donors (Lipinski definition) is 3. The van der Waals surface area contributed by atoms with Gasteiger partial charge in [0.15, 0.2) is 24.6 Å². The summed E-state index contributed by atoms with van der Waals surface area (Å²) in [5, 5.41) is 31.6. The number of aliphatic hydroxyl groups is 2. The van der Waals surface area contributed by atoms with E-state index >= 15 is 0 Å². The molecule has 12 heteroatoms. The minimum Gasteiger partial charge on any atom is -0.479 e. The van der Waals surface area contributed by atoms with Crippen molar-refractivity contribution in [3.05, 3.63) is 85.1 Å². The van der Waals surface area contributed by atoms with Crippen molar-refractivity contribution in [3.63, 3.8) is 0 Å². The van der Waals surface area contributed by atoms with E-state index in [0.717, 1.165) is 103 Å². The summed E-state index contributed by atoms with van der Waals surface area (Å²) in [6.07, 6.45) is 61.2. The maximum absolute atomic E-state index is 13.2. The summed E-state index contributed by atoms with van der Waals surface area (Å²) in [6, 6.07) is 0. The molecule has 3 N–H and O–H groups in total. The second-order valence-corrected chi connectivity index (χ2v) is 22.0. The third kappa shape index (κ3) is 46.0. The highest BCUT2D eigenvalue weighted by Crippen LogP contribution is 2.26. The maximum Gasteiger partial charge on any atom is 0.335 e. The summed E-state index contributed by atoms with van der Waals surface area (Å²) in [5.41, 5.74) is 0. The standard InChI is InChI=1S/C69H116O12/c1-4-7-10-13-16-19-22-25-28-31-34-37-40-43-46-49-52-55-61(70)77-58-60(79-62(71)56-53-50-47-44-41-38-35-32-29-26-23-20-17-14-11-8-5-2)59-78-69-67(65(74)64(73)66(81-69)68(75)76)80-63(72)57-54-51-48-45-42-39-36-33-30-27-24-21-18-15-12-9-6-3/h7,10,16,19,25-30,34,37,43,46,60,64-67,69,73-74H,4-6,8-9,11-15,17-18,20-24,31-33,35-36,38-42,44-45,47-59H2,1-3H3,(H,75,76)/b10-7-,19-16-,28-25-,29-26-,30-27-,37-34-,46-43-. The average molecular weight is 1140 g/mol. The average Bonchev–Trinajstić information content (AvgIpc) is 3.53. The van der Waals surface area contributed by atoms with Crippen molar-refractivity contribution in [1.82, 2.24) is 0 Å². The Labute approximate surface area is 492 Å². The van der Waals surface area contributed by atoms with Gasteiger partial charge in [0.05, 0.1) is 6.61 Å². The molecule has 1 aliphatic rings. The molecular formula is C69H116O12. The van der Waals surface area contributed by atoms with Crippen LogP contribution in [0.4, 0.5) is 0 Å². The van der Waals surface area contributed by atoms with Crippen molar-refractivity contribution in [2.75, 3.05) is 13.2 Å². The Morgan fingerprint density at radius 2 is 0.790 bits per heavy atom. The van der Waals surface area contributed by atoms with Gasteiger partial charge in [-0.15, -0.1) is 0 Å². The second-order valence-electron chi connectivity index (χ2n) is 22.0. The number of aliphatic hydroxyl groups excluding tert-OH is 2. The molecule has 0 aromatic rings. The number of allylic oxidation sites excluding steroid dienone is 14. The highest BCUT2D eigenvalue weighted by atomic mass is 16.7. The van der Waals surface area contributed by atoms with E-state index in [2.05, 4.69) is 99.8 Å². The van der Waals surface area contributed by atoms with Crippen LogP contribution in [-0.4, -0.2) is 89.2 Å². The van der Waals surface area contributed by atoms with Crippen LogP contribution in [0.15, 0.2) is 85.1 Å². The lowest BCUT2D eigenvalue weighted by molar-refractivity contribution is -0.301. The predicted molar refractivity (Wildman–Crippen MR) is 331 cm³/mol. The van der Waals surface area contributed by atoms with Crippen LogP contribution in [0.5, 0.6) is 0 Å². The summed E-state index contributed by atoms with van der Waals surface area (Å²) in [4.78, 5) is 51.3. The van der Waals surface area contributed by atoms with Gasteiger partial charge in [-0.2, -0.15) is 0 Å². The number of hydrogen-bond acceptors (Lipinski definition) is 11. The number of carboxylic acid groups (broad SMARTS) is 1. The van der Waals surface area contributed by atoms with E-state index in [4.69, 9.17) is 23.7 Å². The molecule has 0 aromatic carbocycles. The number of carbonyl (C=O) groups is 4. The molecule has 81 heavy (non-hydrogen) atoms. The van der Waals surface area contributed by atoms with Crippen LogP contribution in [0.25, 0.3) is 0 Å². The highest BCUT2D eigenvalue weighted by molar-refractivity contribution is 5.74. The number of aliphatic carboxylic acids is 1. The Hall–Kier alpha value is -4.10. The predicted octanol–water partition coefficient (Wildman–Crippen LogP) is 17.5. The first-order valence-corrected chi connectivity index (χ1v) is 32.6. The molecule has 1 rings (SSSR count). The minimum atomic E-state index is -1.91. The third-order valence-electron chi connectivity index (χ3n) is 14.4. The minimum absolute atomic E-state index is 0.0477. The van der Waals surface area contributed by atoms with E-state index in [0.29, 0.717) is 25.7 Å². The Morgan fingerprint density at radius 3 is 1.23 bits per heavy atom. The first-order chi connectivity index (χ1) is 39.6. The smallest absolute Gasteiger partial charge is 0.335 e. The number of rotatable bonds is 55. The second kappa shape index (κ2) is 56.4. The summed E-state index contributed by atoms with van der Waals surface area (Å²) in [5.74, 6) is -3.20. The molecule has 1 fully saturated rings. The van der Waals surface area contributed by atoms with Crippen molar-refractivity contribution >= 4 is 23.9 Å². The zero-order valence-corrected chi connectivity index (χ0v) is 51.3. The molecule has 1 heterocycles. The van der Waals surface area contributed by atoms with Gasteiger partial charge < -0.3 is 39.0 Å². The molecule has 0 radical (unpaired) electrons. The summed E-state index contributed by atoms with van der Waals surface area (Å²) < 4.78 is 28.5. The molecule has 6 atom stereocenters. The fourth-order valence-electron chi connectivity index (χ4n) is 9.45. The monoisotopic (exact) mass is 1140 g/mol. The lowest BCUT2D eigenvalue weighted by Crippen LogP contribution is -2.61. The molecule has 1 saturated heterocycles. The fraction of sp³-hybridized carbons (Fsp3) is 0.739. The molecule has 0 amide bonds. The van der Waals surface area contributed by atoms with Crippen molar-refractivity contribution in [1.29, 1.82) is 0 Å². The van der Waals surface area contributed by atoms with Crippen molar-refractivity contribution in [2.24, 2.45) is 0 Å². The zero-order valence-electron chi connectivity index (χ0n) is 51.3. The lowest BCUT2D eigenvalue weighted by Gasteiger charge is -2.40. The number of esters is 3. The van der Waals surface area contributed by atoms with Crippen LogP contribution >= 0.6 is 0 Å². The molecule has 0 aliphatic carbocycles. The fourth-order valence-corrected chi connectivity index (χ4v) is 9.45. The Kier molecular flexibility index (Phi) is 52.1. The molecule has 6 unspecified atom stereocenters. The van der Waals surface area contributed by atoms with Gasteiger partial charge in [-0.25, -0.2) is 4.79 Å². The van der Waals surface area contributed by atoms with Gasteiger partial charge in [0.25, 0.3) is 0 Å². The SMILES string of the molecule is CC/C=C\C/C=C\C/C=C\C/C=C\C/C=C\CCCC(=O)OCC(COC1OC(C(=O)O)C(O)C(O)C1OC(=O)CCCCCCCCC/C=C\CCCCCCCC)OC(=O)CCCCCCCCC/C=C\CCCCCCCC. The molecule has 12 nitrogen and oxygen atoms in total. The van der Waals surface area contributed by atoms with Crippen LogP contribution in [0.3, 0.4) is 0 Å². The molecule has 0 saturated carbocycles. The van der Waals surface area contributed by atoms with Gasteiger partial charge in [0.2, 0.25) is 0 Å². The maximum atomic E-state index is 13.2. The Balaban J connectivity index is 2.70. The van der Waals surface area contributed by atoms with Crippen LogP contribution < -0.4 is 0 Å². The van der Waals surface area contributed by atoms with E-state index in [1.165, 1.54) is 109 Å². The van der Waals surface area contributed by atoms with Gasteiger partial charge in [-0.3, -0.25) is 14.4 Å². The Bertz CT molecular complexity index is 1730. The van der Waals surface area contributed by atoms with Gasteiger partial charge in [0.1, 0.15) is 18.8 Å². The first-order valence-electron chi connectivity index (χ1n) is 32.6. The first kappa shape index (κ1) is 74.9. The molecular weight excluding hydrogens is 1020 g/mol. The molecule has 1 aliphatic heterocycles. The molecule has 0 spiro atoms.